The predicted molar refractivity (Wildman–Crippen MR) is 144 cm³/mol. The van der Waals surface area contributed by atoms with Gasteiger partial charge in [-0.3, -0.25) is 4.98 Å². The minimum absolute atomic E-state index is 0.0241. The molecule has 4 heterocycles. The molecule has 0 aliphatic heterocycles. The first-order valence-corrected chi connectivity index (χ1v) is 12.3. The summed E-state index contributed by atoms with van der Waals surface area (Å²) in [4.78, 5) is 17.4. The summed E-state index contributed by atoms with van der Waals surface area (Å²) in [6.07, 6.45) is 5.65. The van der Waals surface area contributed by atoms with Gasteiger partial charge in [0.05, 0.1) is 23.6 Å². The van der Waals surface area contributed by atoms with Crippen molar-refractivity contribution in [2.45, 2.75) is 45.8 Å². The Morgan fingerprint density at radius 1 is 1.19 bits per heavy atom. The molecule has 0 aliphatic rings. The van der Waals surface area contributed by atoms with Crippen molar-refractivity contribution in [3.8, 4) is 28.5 Å². The van der Waals surface area contributed by atoms with Crippen LogP contribution in [0, 0.1) is 6.92 Å². The third-order valence-electron chi connectivity index (χ3n) is 5.87. The molecule has 37 heavy (non-hydrogen) atoms. The number of aliphatic hydroxyl groups is 1. The van der Waals surface area contributed by atoms with Crippen LogP contribution in [0.4, 0.5) is 11.5 Å². The Bertz CT molecular complexity index is 1400. The van der Waals surface area contributed by atoms with Crippen LogP contribution >= 0.6 is 11.6 Å². The van der Waals surface area contributed by atoms with E-state index in [9.17, 15) is 5.11 Å². The Morgan fingerprint density at radius 3 is 2.68 bits per heavy atom. The number of hydrogen-bond donors (Lipinski definition) is 3. The van der Waals surface area contributed by atoms with Gasteiger partial charge in [-0.2, -0.15) is 5.10 Å². The number of pyridine rings is 2. The van der Waals surface area contributed by atoms with Crippen LogP contribution in [0.2, 0.25) is 5.15 Å². The zero-order chi connectivity index (χ0) is 26.7. The van der Waals surface area contributed by atoms with E-state index < -0.39 is 5.60 Å². The molecule has 4 aromatic rings. The summed E-state index contributed by atoms with van der Waals surface area (Å²) >= 11 is 6.22. The highest BCUT2D eigenvalue weighted by atomic mass is 35.5. The molecule has 0 amide bonds. The van der Waals surface area contributed by atoms with Crippen LogP contribution in [0.15, 0.2) is 42.9 Å². The van der Waals surface area contributed by atoms with Gasteiger partial charge in [0.1, 0.15) is 16.5 Å². The van der Waals surface area contributed by atoms with Gasteiger partial charge in [-0.05, 0) is 57.5 Å². The summed E-state index contributed by atoms with van der Waals surface area (Å²) in [6, 6.07) is 7.08. The molecule has 1 atom stereocenters. The molecule has 0 bridgehead atoms. The van der Waals surface area contributed by atoms with Gasteiger partial charge in [0.2, 0.25) is 5.88 Å². The summed E-state index contributed by atoms with van der Waals surface area (Å²) in [5.74, 6) is 1.44. The first-order chi connectivity index (χ1) is 17.5. The van der Waals surface area contributed by atoms with Crippen LogP contribution < -0.4 is 15.8 Å². The van der Waals surface area contributed by atoms with E-state index in [1.165, 1.54) is 0 Å². The smallest absolute Gasteiger partial charge is 0.223 e. The molecule has 0 aromatic carbocycles. The topological polar surface area (TPSA) is 137 Å². The Balaban J connectivity index is 1.49. The van der Waals surface area contributed by atoms with E-state index in [0.717, 1.165) is 28.1 Å². The van der Waals surface area contributed by atoms with Crippen molar-refractivity contribution in [3.63, 3.8) is 0 Å². The molecular formula is C26H31ClN8O2. The average Bonchev–Trinajstić information content (AvgIpc) is 3.11. The lowest BCUT2D eigenvalue weighted by molar-refractivity contribution is 0.0785. The number of halogens is 1. The summed E-state index contributed by atoms with van der Waals surface area (Å²) in [5.41, 5.74) is 9.35. The van der Waals surface area contributed by atoms with Crippen LogP contribution in [0.1, 0.15) is 38.4 Å². The van der Waals surface area contributed by atoms with Gasteiger partial charge in [-0.1, -0.05) is 11.6 Å². The van der Waals surface area contributed by atoms with Crippen molar-refractivity contribution in [1.82, 2.24) is 29.7 Å². The maximum atomic E-state index is 10.4. The maximum absolute atomic E-state index is 10.4. The Morgan fingerprint density at radius 2 is 1.95 bits per heavy atom. The maximum Gasteiger partial charge on any atom is 0.223 e. The molecule has 0 spiro atoms. The number of nitrogens with zero attached hydrogens (tertiary/aromatic N) is 6. The average molecular weight is 523 g/mol. The first kappa shape index (κ1) is 26.3. The molecule has 4 aromatic heterocycles. The van der Waals surface area contributed by atoms with Crippen LogP contribution in [0.25, 0.3) is 22.6 Å². The molecule has 11 heteroatoms. The normalized spacial score (nSPS) is 12.4. The van der Waals surface area contributed by atoms with E-state index in [0.29, 0.717) is 41.4 Å². The highest BCUT2D eigenvalue weighted by Crippen LogP contribution is 2.32. The summed E-state index contributed by atoms with van der Waals surface area (Å²) in [5, 5.41) is 18.8. The van der Waals surface area contributed by atoms with E-state index in [-0.39, 0.29) is 6.04 Å². The molecular weight excluding hydrogens is 492 g/mol. The first-order valence-electron chi connectivity index (χ1n) is 11.9. The van der Waals surface area contributed by atoms with Gasteiger partial charge in [-0.25, -0.2) is 19.6 Å². The van der Waals surface area contributed by atoms with Gasteiger partial charge in [-0.15, -0.1) is 0 Å². The van der Waals surface area contributed by atoms with Crippen LogP contribution in [0.3, 0.4) is 0 Å². The molecule has 0 aliphatic carbocycles. The van der Waals surface area contributed by atoms with Crippen molar-refractivity contribution in [1.29, 1.82) is 0 Å². The summed E-state index contributed by atoms with van der Waals surface area (Å²) < 4.78 is 7.82. The highest BCUT2D eigenvalue weighted by molar-refractivity contribution is 6.29. The standard InChI is InChI=1S/C26H31ClN8O2/c1-15(8-11-37-25-23(16(2)34-35(25)5)24-30-10-7-22(28)33-24)32-20-13-21(27)31-14-18(20)19-12-17(6-9-29-19)26(3,4)36/h6-7,9-10,12-15,36H,8,11H2,1-5H3,(H,31,32)(H2,28,30,33)/t15-/m0/s1. The highest BCUT2D eigenvalue weighted by Gasteiger charge is 2.21. The van der Waals surface area contributed by atoms with Crippen molar-refractivity contribution < 1.29 is 9.84 Å². The lowest BCUT2D eigenvalue weighted by Gasteiger charge is -2.20. The predicted octanol–water partition coefficient (Wildman–Crippen LogP) is 4.38. The van der Waals surface area contributed by atoms with E-state index in [1.807, 2.05) is 20.0 Å². The molecule has 0 saturated heterocycles. The number of anilines is 2. The molecule has 10 nitrogen and oxygen atoms in total. The zero-order valence-electron chi connectivity index (χ0n) is 21.5. The fourth-order valence-electron chi connectivity index (χ4n) is 3.93. The van der Waals surface area contributed by atoms with Gasteiger partial charge < -0.3 is 20.9 Å². The fourth-order valence-corrected chi connectivity index (χ4v) is 4.09. The molecule has 0 saturated carbocycles. The Labute approximate surface area is 220 Å². The van der Waals surface area contributed by atoms with Crippen molar-refractivity contribution in [2.75, 3.05) is 17.7 Å². The Hall–Kier alpha value is -3.76. The van der Waals surface area contributed by atoms with E-state index >= 15 is 0 Å². The molecule has 0 fully saturated rings. The van der Waals surface area contributed by atoms with E-state index in [4.69, 9.17) is 22.1 Å². The Kier molecular flexibility index (Phi) is 7.60. The third-order valence-corrected chi connectivity index (χ3v) is 6.08. The van der Waals surface area contributed by atoms with Gasteiger partial charge >= 0.3 is 0 Å². The molecule has 4 N–H and O–H groups in total. The number of hydrogen-bond acceptors (Lipinski definition) is 9. The van der Waals surface area contributed by atoms with Crippen molar-refractivity contribution in [2.24, 2.45) is 7.05 Å². The molecule has 0 unspecified atom stereocenters. The fraction of sp³-hybridized carbons (Fsp3) is 0.346. The SMILES string of the molecule is Cc1nn(C)c(OCC[C@H](C)Nc2cc(Cl)ncc2-c2cc(C(C)(C)O)ccn2)c1-c1nccc(N)n1. The lowest BCUT2D eigenvalue weighted by atomic mass is 9.97. The molecule has 194 valence electrons. The number of aromatic nitrogens is 6. The number of nitrogens with two attached hydrogens (primary N) is 1. The quantitative estimate of drug-likeness (QED) is 0.273. The minimum Gasteiger partial charge on any atom is -0.477 e. The van der Waals surface area contributed by atoms with Crippen LogP contribution in [0.5, 0.6) is 5.88 Å². The van der Waals surface area contributed by atoms with Crippen LogP contribution in [-0.4, -0.2) is 47.5 Å². The number of aryl methyl sites for hydroxylation is 2. The largest absolute Gasteiger partial charge is 0.477 e. The van der Waals surface area contributed by atoms with Crippen LogP contribution in [-0.2, 0) is 12.6 Å². The third kappa shape index (κ3) is 6.15. The second kappa shape index (κ2) is 10.7. The van der Waals surface area contributed by atoms with Gasteiger partial charge in [0.25, 0.3) is 0 Å². The van der Waals surface area contributed by atoms with Gasteiger partial charge in [0, 0.05) is 49.4 Å². The summed E-state index contributed by atoms with van der Waals surface area (Å²) in [6.45, 7) is 7.83. The number of ether oxygens (including phenoxy) is 1. The second-order valence-electron chi connectivity index (χ2n) is 9.42. The minimum atomic E-state index is -0.991. The van der Waals surface area contributed by atoms with Crippen molar-refractivity contribution >= 4 is 23.1 Å². The zero-order valence-corrected chi connectivity index (χ0v) is 22.3. The molecule has 4 rings (SSSR count). The monoisotopic (exact) mass is 522 g/mol. The lowest BCUT2D eigenvalue weighted by Crippen LogP contribution is -2.20. The number of nitrogens with one attached hydrogen (secondary N) is 1. The van der Waals surface area contributed by atoms with E-state index in [2.05, 4.69) is 37.3 Å². The number of rotatable bonds is 9. The van der Waals surface area contributed by atoms with E-state index in [1.54, 1.807) is 55.3 Å². The number of nitrogen functional groups attached to an aromatic ring is 1. The summed E-state index contributed by atoms with van der Waals surface area (Å²) in [7, 11) is 1.82. The molecule has 0 radical (unpaired) electrons. The second-order valence-corrected chi connectivity index (χ2v) is 9.81. The van der Waals surface area contributed by atoms with Gasteiger partial charge in [0.15, 0.2) is 5.82 Å². The van der Waals surface area contributed by atoms with Crippen molar-refractivity contribution in [3.05, 3.63) is 59.3 Å².